The molecule has 1 heterocycles. The third kappa shape index (κ3) is 5.99. The van der Waals surface area contributed by atoms with Crippen molar-refractivity contribution in [3.63, 3.8) is 0 Å². The van der Waals surface area contributed by atoms with Crippen molar-refractivity contribution < 1.29 is 31.1 Å². The van der Waals surface area contributed by atoms with Crippen LogP contribution in [-0.2, 0) is 22.6 Å². The minimum absolute atomic E-state index is 0.0834. The van der Waals surface area contributed by atoms with Gasteiger partial charge < -0.3 is 5.32 Å². The van der Waals surface area contributed by atoms with Crippen molar-refractivity contribution in [1.82, 2.24) is 5.01 Å². The van der Waals surface area contributed by atoms with Crippen LogP contribution in [0.5, 0.6) is 0 Å². The number of anilines is 1. The molecule has 38 heavy (non-hydrogen) atoms. The number of nitrogens with zero attached hydrogens (tertiary/aromatic N) is 2. The lowest BCUT2D eigenvalue weighted by atomic mass is 9.76. The van der Waals surface area contributed by atoms with Crippen LogP contribution in [0.3, 0.4) is 0 Å². The van der Waals surface area contributed by atoms with Gasteiger partial charge in [-0.15, -0.1) is 0 Å². The molecule has 1 amide bonds. The van der Waals surface area contributed by atoms with Gasteiger partial charge in [-0.2, -0.15) is 31.4 Å². The monoisotopic (exact) mass is 617 g/mol. The molecule has 0 saturated carbocycles. The fraction of sp³-hybridized carbons (Fsp3) is 0.231. The predicted molar refractivity (Wildman–Crippen MR) is 136 cm³/mol. The molecule has 0 spiro atoms. The van der Waals surface area contributed by atoms with Gasteiger partial charge in [0.2, 0.25) is 5.91 Å². The Hall–Kier alpha value is -3.05. The Morgan fingerprint density at radius 2 is 1.63 bits per heavy atom. The second-order valence-corrected chi connectivity index (χ2v) is 10.2. The molecule has 1 unspecified atom stereocenters. The molecule has 0 radical (unpaired) electrons. The number of benzene rings is 3. The summed E-state index contributed by atoms with van der Waals surface area (Å²) in [6.45, 7) is 1.58. The number of carbonyl (C=O) groups is 1. The molecule has 12 heteroatoms. The Morgan fingerprint density at radius 1 is 1.00 bits per heavy atom. The van der Waals surface area contributed by atoms with Gasteiger partial charge in [0.05, 0.1) is 33.8 Å². The van der Waals surface area contributed by atoms with Gasteiger partial charge in [-0.05, 0) is 61.0 Å². The van der Waals surface area contributed by atoms with Gasteiger partial charge in [0.15, 0.2) is 0 Å². The summed E-state index contributed by atoms with van der Waals surface area (Å²) in [7, 11) is 0. The molecule has 0 bridgehead atoms. The summed E-state index contributed by atoms with van der Waals surface area (Å²) in [6.07, 6.45) is -9.20. The first-order valence-corrected chi connectivity index (χ1v) is 12.3. The lowest BCUT2D eigenvalue weighted by Gasteiger charge is -2.28. The van der Waals surface area contributed by atoms with E-state index in [1.807, 2.05) is 0 Å². The quantitative estimate of drug-likeness (QED) is 0.297. The number of alkyl halides is 6. The summed E-state index contributed by atoms with van der Waals surface area (Å²) >= 11 is 9.25. The van der Waals surface area contributed by atoms with E-state index in [0.29, 0.717) is 11.3 Å². The summed E-state index contributed by atoms with van der Waals surface area (Å²) in [4.78, 5) is 12.7. The van der Waals surface area contributed by atoms with Crippen molar-refractivity contribution in [1.29, 1.82) is 0 Å². The van der Waals surface area contributed by atoms with Crippen molar-refractivity contribution in [2.45, 2.75) is 24.7 Å². The zero-order valence-electron chi connectivity index (χ0n) is 19.6. The highest BCUT2D eigenvalue weighted by atomic mass is 79.9. The molecule has 3 aromatic carbocycles. The molecule has 3 aromatic rings. The highest BCUT2D eigenvalue weighted by Gasteiger charge is 2.43. The van der Waals surface area contributed by atoms with Gasteiger partial charge >= 0.3 is 12.4 Å². The third-order valence-electron chi connectivity index (χ3n) is 6.11. The number of hydrogen-bond acceptors (Lipinski definition) is 3. The van der Waals surface area contributed by atoms with Gasteiger partial charge in [-0.1, -0.05) is 45.7 Å². The number of nitrogens with one attached hydrogen (secondary N) is 1. The number of carbonyl (C=O) groups excluding carboxylic acids is 1. The Labute approximate surface area is 227 Å². The maximum atomic E-state index is 13.3. The maximum Gasteiger partial charge on any atom is 0.417 e. The van der Waals surface area contributed by atoms with E-state index in [9.17, 15) is 31.1 Å². The van der Waals surface area contributed by atoms with E-state index in [4.69, 9.17) is 11.6 Å². The molecule has 0 aromatic heterocycles. The van der Waals surface area contributed by atoms with Crippen molar-refractivity contribution >= 4 is 44.8 Å². The molecular formula is C26H19BrClF6N3O. The van der Waals surface area contributed by atoms with Crippen molar-refractivity contribution in [3.8, 4) is 0 Å². The number of amides is 1. The molecule has 1 aliphatic heterocycles. The Bertz CT molecular complexity index is 1370. The van der Waals surface area contributed by atoms with Gasteiger partial charge in [0.1, 0.15) is 6.54 Å². The lowest BCUT2D eigenvalue weighted by Crippen LogP contribution is -2.38. The topological polar surface area (TPSA) is 44.7 Å². The average molecular weight is 619 g/mol. The molecular weight excluding hydrogens is 600 g/mol. The molecule has 1 aliphatic rings. The SMILES string of the molecule is CC1(c2ccc(C(F)(F)F)cc2)CN(CC(=O)Nc2ccc(Br)cc2)N=C1c1ccc(C(F)(F)F)c(Cl)c1. The van der Waals surface area contributed by atoms with Crippen LogP contribution in [0.1, 0.15) is 29.2 Å². The molecule has 0 aliphatic carbocycles. The number of hydrogen-bond donors (Lipinski definition) is 1. The normalized spacial score (nSPS) is 17.9. The van der Waals surface area contributed by atoms with Gasteiger partial charge in [-0.25, -0.2) is 0 Å². The third-order valence-corrected chi connectivity index (χ3v) is 6.96. The summed E-state index contributed by atoms with van der Waals surface area (Å²) in [6, 6.07) is 14.5. The Balaban J connectivity index is 1.68. The first-order chi connectivity index (χ1) is 17.7. The zero-order valence-corrected chi connectivity index (χ0v) is 21.9. The minimum atomic E-state index is -4.67. The van der Waals surface area contributed by atoms with E-state index in [1.54, 1.807) is 31.2 Å². The van der Waals surface area contributed by atoms with Crippen LogP contribution in [0, 0.1) is 0 Å². The standard InChI is InChI=1S/C26H19BrClF6N3O/c1-24(16-3-5-17(6-4-16)25(29,30)31)14-37(13-22(38)35-19-9-7-18(27)8-10-19)36-23(24)15-2-11-20(21(28)12-15)26(32,33)34/h2-12H,13-14H2,1H3,(H,35,38). The van der Waals surface area contributed by atoms with Crippen LogP contribution in [0.2, 0.25) is 5.02 Å². The maximum absolute atomic E-state index is 13.3. The average Bonchev–Trinajstić information content (AvgIpc) is 3.16. The van der Waals surface area contributed by atoms with E-state index in [1.165, 1.54) is 23.2 Å². The Morgan fingerprint density at radius 3 is 2.18 bits per heavy atom. The molecule has 1 atom stereocenters. The van der Waals surface area contributed by atoms with Gasteiger partial charge in [-0.3, -0.25) is 9.80 Å². The minimum Gasteiger partial charge on any atom is -0.324 e. The number of rotatable bonds is 5. The molecule has 0 fully saturated rings. The summed E-state index contributed by atoms with van der Waals surface area (Å²) in [5, 5.41) is 8.12. The molecule has 4 nitrogen and oxygen atoms in total. The van der Waals surface area contributed by atoms with Crippen LogP contribution in [0.4, 0.5) is 32.0 Å². The summed E-state index contributed by atoms with van der Waals surface area (Å²) in [5.74, 6) is -0.405. The predicted octanol–water partition coefficient (Wildman–Crippen LogP) is 7.76. The fourth-order valence-corrected chi connectivity index (χ4v) is 4.79. The summed E-state index contributed by atoms with van der Waals surface area (Å²) in [5.41, 5.74) is -1.43. The fourth-order valence-electron chi connectivity index (χ4n) is 4.24. The van der Waals surface area contributed by atoms with Crippen LogP contribution in [0.15, 0.2) is 76.3 Å². The Kier molecular flexibility index (Phi) is 7.55. The molecule has 200 valence electrons. The van der Waals surface area contributed by atoms with Gasteiger partial charge in [0, 0.05) is 15.7 Å². The smallest absolute Gasteiger partial charge is 0.324 e. The second kappa shape index (κ2) is 10.3. The van der Waals surface area contributed by atoms with E-state index < -0.39 is 39.8 Å². The van der Waals surface area contributed by atoms with Crippen molar-refractivity contribution in [3.05, 3.63) is 98.5 Å². The summed E-state index contributed by atoms with van der Waals surface area (Å²) < 4.78 is 80.0. The highest BCUT2D eigenvalue weighted by molar-refractivity contribution is 9.10. The van der Waals surface area contributed by atoms with Crippen LogP contribution < -0.4 is 5.32 Å². The highest BCUT2D eigenvalue weighted by Crippen LogP contribution is 2.40. The molecule has 4 rings (SSSR count). The lowest BCUT2D eigenvalue weighted by molar-refractivity contribution is -0.138. The van der Waals surface area contributed by atoms with E-state index in [-0.39, 0.29) is 24.4 Å². The second-order valence-electron chi connectivity index (χ2n) is 8.93. The first kappa shape index (κ1) is 28.0. The van der Waals surface area contributed by atoms with Crippen LogP contribution >= 0.6 is 27.5 Å². The molecule has 0 saturated heterocycles. The van der Waals surface area contributed by atoms with E-state index in [0.717, 1.165) is 28.7 Å². The number of halogens is 8. The van der Waals surface area contributed by atoms with Crippen LogP contribution in [-0.4, -0.2) is 29.7 Å². The largest absolute Gasteiger partial charge is 0.417 e. The zero-order chi connectivity index (χ0) is 27.9. The molecule has 1 N–H and O–H groups in total. The first-order valence-electron chi connectivity index (χ1n) is 11.1. The van der Waals surface area contributed by atoms with E-state index >= 15 is 0 Å². The van der Waals surface area contributed by atoms with E-state index in [2.05, 4.69) is 26.3 Å². The van der Waals surface area contributed by atoms with Crippen LogP contribution in [0.25, 0.3) is 0 Å². The number of hydrazone groups is 1. The van der Waals surface area contributed by atoms with Gasteiger partial charge in [0.25, 0.3) is 0 Å². The van der Waals surface area contributed by atoms with Crippen molar-refractivity contribution in [2.75, 3.05) is 18.4 Å². The van der Waals surface area contributed by atoms with Crippen molar-refractivity contribution in [2.24, 2.45) is 5.10 Å².